The number of likely N-dealkylation sites (tertiary alicyclic amines) is 1. The van der Waals surface area contributed by atoms with E-state index in [2.05, 4.69) is 0 Å². The Morgan fingerprint density at radius 2 is 1.80 bits per heavy atom. The fourth-order valence-corrected chi connectivity index (χ4v) is 2.90. The summed E-state index contributed by atoms with van der Waals surface area (Å²) in [5.74, 6) is -1.24. The minimum atomic E-state index is -0.707. The van der Waals surface area contributed by atoms with Crippen LogP contribution in [0.15, 0.2) is 42.5 Å². The van der Waals surface area contributed by atoms with Gasteiger partial charge in [0.05, 0.1) is 6.42 Å². The van der Waals surface area contributed by atoms with Gasteiger partial charge in [-0.25, -0.2) is 8.78 Å². The number of nitrogens with zero attached hydrogens (tertiary/aromatic N) is 1. The van der Waals surface area contributed by atoms with Crippen LogP contribution >= 0.6 is 0 Å². The number of anilines is 1. The summed E-state index contributed by atoms with van der Waals surface area (Å²) in [5.41, 5.74) is 7.23. The van der Waals surface area contributed by atoms with Crippen LogP contribution in [0.3, 0.4) is 0 Å². The van der Waals surface area contributed by atoms with Gasteiger partial charge in [-0.05, 0) is 29.8 Å². The molecule has 1 saturated heterocycles. The Morgan fingerprint density at radius 3 is 2.44 bits per heavy atom. The molecule has 2 aromatic rings. The van der Waals surface area contributed by atoms with Gasteiger partial charge in [0.25, 0.3) is 0 Å². The Bertz CT molecular complexity index is 742. The summed E-state index contributed by atoms with van der Waals surface area (Å²) in [6.45, 7) is 1.11. The molecular weight excluding hydrogens is 326 g/mol. The molecule has 1 heterocycles. The first kappa shape index (κ1) is 17.2. The molecule has 132 valence electrons. The topological polar surface area (TPSA) is 55.6 Å². The van der Waals surface area contributed by atoms with Gasteiger partial charge in [0, 0.05) is 37.7 Å². The average Bonchev–Trinajstić information content (AvgIpc) is 2.60. The molecule has 2 N–H and O–H groups in total. The quantitative estimate of drug-likeness (QED) is 0.865. The lowest BCUT2D eigenvalue weighted by Gasteiger charge is -2.32. The first-order valence-electron chi connectivity index (χ1n) is 8.25. The van der Waals surface area contributed by atoms with Gasteiger partial charge in [-0.2, -0.15) is 0 Å². The lowest BCUT2D eigenvalue weighted by Crippen LogP contribution is -2.42. The predicted octanol–water partition coefficient (Wildman–Crippen LogP) is 3.16. The summed E-state index contributed by atoms with van der Waals surface area (Å²) >= 11 is 0. The van der Waals surface area contributed by atoms with Gasteiger partial charge in [-0.15, -0.1) is 0 Å². The van der Waals surface area contributed by atoms with E-state index in [9.17, 15) is 13.6 Å². The summed E-state index contributed by atoms with van der Waals surface area (Å²) in [6, 6.07) is 10.5. The molecule has 0 aliphatic carbocycles. The molecule has 1 aliphatic rings. The number of carbonyl (C=O) groups excluding carboxylic acids is 1. The Hall–Kier alpha value is -2.63. The summed E-state index contributed by atoms with van der Waals surface area (Å²) in [4.78, 5) is 14.2. The largest absolute Gasteiger partial charge is 0.487 e. The summed E-state index contributed by atoms with van der Waals surface area (Å²) < 4.78 is 32.2. The van der Waals surface area contributed by atoms with Crippen LogP contribution in [0.1, 0.15) is 18.4 Å². The number of benzene rings is 2. The number of hydrogen-bond donors (Lipinski definition) is 1. The van der Waals surface area contributed by atoms with Crippen molar-refractivity contribution >= 4 is 11.6 Å². The van der Waals surface area contributed by atoms with Crippen molar-refractivity contribution in [2.75, 3.05) is 18.8 Å². The molecule has 0 spiro atoms. The van der Waals surface area contributed by atoms with Crippen LogP contribution in [-0.2, 0) is 11.2 Å². The molecule has 1 amide bonds. The highest BCUT2D eigenvalue weighted by atomic mass is 19.1. The second kappa shape index (κ2) is 7.51. The number of piperidine rings is 1. The van der Waals surface area contributed by atoms with Crippen molar-refractivity contribution in [3.05, 3.63) is 59.7 Å². The van der Waals surface area contributed by atoms with Crippen LogP contribution in [0.5, 0.6) is 5.75 Å². The van der Waals surface area contributed by atoms with Crippen molar-refractivity contribution in [3.63, 3.8) is 0 Å². The van der Waals surface area contributed by atoms with E-state index in [0.29, 0.717) is 38.0 Å². The van der Waals surface area contributed by atoms with Crippen molar-refractivity contribution in [2.24, 2.45) is 0 Å². The molecule has 3 rings (SSSR count). The van der Waals surface area contributed by atoms with Crippen LogP contribution in [0, 0.1) is 11.6 Å². The molecule has 4 nitrogen and oxygen atoms in total. The first-order chi connectivity index (χ1) is 12.0. The van der Waals surface area contributed by atoms with Crippen molar-refractivity contribution in [3.8, 4) is 5.75 Å². The zero-order valence-corrected chi connectivity index (χ0v) is 13.8. The molecule has 2 aromatic carbocycles. The molecule has 1 fully saturated rings. The van der Waals surface area contributed by atoms with E-state index < -0.39 is 11.6 Å². The molecule has 0 atom stereocenters. The van der Waals surface area contributed by atoms with Crippen molar-refractivity contribution in [1.82, 2.24) is 4.90 Å². The van der Waals surface area contributed by atoms with E-state index in [1.165, 1.54) is 12.1 Å². The van der Waals surface area contributed by atoms with Crippen LogP contribution in [-0.4, -0.2) is 30.0 Å². The fraction of sp³-hybridized carbons (Fsp3) is 0.316. The SMILES string of the molecule is Nc1ccc(CC(=O)N2CCC(Oc3ccc(F)cc3F)CC2)cc1. The normalized spacial score (nSPS) is 15.2. The summed E-state index contributed by atoms with van der Waals surface area (Å²) in [6.07, 6.45) is 1.38. The third-order valence-electron chi connectivity index (χ3n) is 4.32. The van der Waals surface area contributed by atoms with E-state index in [1.54, 1.807) is 17.0 Å². The summed E-state index contributed by atoms with van der Waals surface area (Å²) in [5, 5.41) is 0. The number of carbonyl (C=O) groups is 1. The number of nitrogen functional groups attached to an aromatic ring is 1. The van der Waals surface area contributed by atoms with E-state index in [-0.39, 0.29) is 17.8 Å². The average molecular weight is 346 g/mol. The van der Waals surface area contributed by atoms with Gasteiger partial charge < -0.3 is 15.4 Å². The van der Waals surface area contributed by atoms with E-state index in [1.807, 2.05) is 12.1 Å². The highest BCUT2D eigenvalue weighted by Crippen LogP contribution is 2.23. The maximum absolute atomic E-state index is 13.6. The van der Waals surface area contributed by atoms with E-state index in [0.717, 1.165) is 11.6 Å². The zero-order valence-electron chi connectivity index (χ0n) is 13.8. The molecule has 0 bridgehead atoms. The Kier molecular flexibility index (Phi) is 5.16. The molecule has 6 heteroatoms. The zero-order chi connectivity index (χ0) is 17.8. The molecule has 0 unspecified atom stereocenters. The molecule has 25 heavy (non-hydrogen) atoms. The van der Waals surface area contributed by atoms with E-state index >= 15 is 0 Å². The minimum Gasteiger partial charge on any atom is -0.487 e. The fourth-order valence-electron chi connectivity index (χ4n) is 2.90. The molecule has 1 aliphatic heterocycles. The Balaban J connectivity index is 1.51. The Morgan fingerprint density at radius 1 is 1.12 bits per heavy atom. The molecular formula is C19H20F2N2O2. The third kappa shape index (κ3) is 4.47. The Labute approximate surface area is 145 Å². The van der Waals surface area contributed by atoms with E-state index in [4.69, 9.17) is 10.5 Å². The maximum Gasteiger partial charge on any atom is 0.226 e. The highest BCUT2D eigenvalue weighted by molar-refractivity contribution is 5.79. The van der Waals surface area contributed by atoms with Crippen molar-refractivity contribution in [1.29, 1.82) is 0 Å². The van der Waals surface area contributed by atoms with Gasteiger partial charge in [0.15, 0.2) is 11.6 Å². The van der Waals surface area contributed by atoms with Gasteiger partial charge in [-0.3, -0.25) is 4.79 Å². The summed E-state index contributed by atoms with van der Waals surface area (Å²) in [7, 11) is 0. The van der Waals surface area contributed by atoms with Crippen molar-refractivity contribution in [2.45, 2.75) is 25.4 Å². The predicted molar refractivity (Wildman–Crippen MR) is 91.1 cm³/mol. The second-order valence-corrected chi connectivity index (χ2v) is 6.19. The monoisotopic (exact) mass is 346 g/mol. The highest BCUT2D eigenvalue weighted by Gasteiger charge is 2.24. The minimum absolute atomic E-state index is 0.0491. The first-order valence-corrected chi connectivity index (χ1v) is 8.25. The molecule has 0 aromatic heterocycles. The number of hydrogen-bond acceptors (Lipinski definition) is 3. The molecule has 0 radical (unpaired) electrons. The van der Waals surface area contributed by atoms with Gasteiger partial charge in [0.2, 0.25) is 5.91 Å². The molecule has 0 saturated carbocycles. The van der Waals surface area contributed by atoms with Gasteiger partial charge in [-0.1, -0.05) is 12.1 Å². The third-order valence-corrected chi connectivity index (χ3v) is 4.32. The van der Waals surface area contributed by atoms with Gasteiger partial charge in [0.1, 0.15) is 11.9 Å². The second-order valence-electron chi connectivity index (χ2n) is 6.19. The smallest absolute Gasteiger partial charge is 0.226 e. The van der Waals surface area contributed by atoms with Crippen LogP contribution < -0.4 is 10.5 Å². The lowest BCUT2D eigenvalue weighted by molar-refractivity contribution is -0.132. The number of amides is 1. The number of halogens is 2. The van der Waals surface area contributed by atoms with Gasteiger partial charge >= 0.3 is 0 Å². The maximum atomic E-state index is 13.6. The number of rotatable bonds is 4. The van der Waals surface area contributed by atoms with Crippen LogP contribution in [0.25, 0.3) is 0 Å². The van der Waals surface area contributed by atoms with Crippen LogP contribution in [0.4, 0.5) is 14.5 Å². The van der Waals surface area contributed by atoms with Crippen molar-refractivity contribution < 1.29 is 18.3 Å². The van der Waals surface area contributed by atoms with Crippen LogP contribution in [0.2, 0.25) is 0 Å². The number of nitrogens with two attached hydrogens (primary N) is 1. The standard InChI is InChI=1S/C19H20F2N2O2/c20-14-3-6-18(17(21)12-14)25-16-7-9-23(10-8-16)19(24)11-13-1-4-15(22)5-2-13/h1-6,12,16H,7-11,22H2. The lowest BCUT2D eigenvalue weighted by atomic mass is 10.1. The number of ether oxygens (including phenoxy) is 1.